The smallest absolute Gasteiger partial charge is 0.255 e. The molecule has 198 valence electrons. The second-order valence-corrected chi connectivity index (χ2v) is 10.7. The van der Waals surface area contributed by atoms with Crippen LogP contribution in [0.2, 0.25) is 5.02 Å². The van der Waals surface area contributed by atoms with Crippen LogP contribution >= 0.6 is 11.6 Å². The van der Waals surface area contributed by atoms with Gasteiger partial charge in [0.05, 0.1) is 17.7 Å². The molecule has 6 rings (SSSR count). The van der Waals surface area contributed by atoms with Gasteiger partial charge in [-0.1, -0.05) is 24.1 Å². The van der Waals surface area contributed by atoms with E-state index in [-0.39, 0.29) is 30.2 Å². The first-order valence-electron chi connectivity index (χ1n) is 13.3. The number of amides is 3. The molecule has 0 spiro atoms. The first-order valence-corrected chi connectivity index (χ1v) is 13.6. The van der Waals surface area contributed by atoms with Crippen molar-refractivity contribution in [3.8, 4) is 11.8 Å². The summed E-state index contributed by atoms with van der Waals surface area (Å²) in [5, 5.41) is 15.0. The van der Waals surface area contributed by atoms with Gasteiger partial charge in [0.25, 0.3) is 5.91 Å². The number of nitrogens with zero attached hydrogens (tertiary/aromatic N) is 2. The van der Waals surface area contributed by atoms with Gasteiger partial charge in [-0.05, 0) is 73.6 Å². The van der Waals surface area contributed by atoms with E-state index < -0.39 is 6.04 Å². The third-order valence-corrected chi connectivity index (χ3v) is 7.94. The van der Waals surface area contributed by atoms with Crippen LogP contribution in [0.1, 0.15) is 77.9 Å². The number of rotatable bonds is 4. The van der Waals surface area contributed by atoms with Crippen molar-refractivity contribution in [3.63, 3.8) is 0 Å². The van der Waals surface area contributed by atoms with Crippen molar-refractivity contribution in [3.05, 3.63) is 63.7 Å². The van der Waals surface area contributed by atoms with Crippen molar-refractivity contribution in [2.75, 3.05) is 13.1 Å². The Morgan fingerprint density at radius 3 is 2.47 bits per heavy atom. The van der Waals surface area contributed by atoms with Gasteiger partial charge < -0.3 is 15.0 Å². The normalized spacial score (nSPS) is 21.5. The van der Waals surface area contributed by atoms with Crippen LogP contribution in [0.15, 0.2) is 36.4 Å². The molecule has 2 aromatic carbocycles. The summed E-state index contributed by atoms with van der Waals surface area (Å²) >= 11 is 5.79. The lowest BCUT2D eigenvalue weighted by Crippen LogP contribution is -2.52. The number of halogens is 1. The van der Waals surface area contributed by atoms with Crippen LogP contribution in [0.4, 0.5) is 0 Å². The molecule has 1 atom stereocenters. The Balaban J connectivity index is 0.000000190. The molecule has 3 aliphatic heterocycles. The fraction of sp³-hybridized carbons (Fsp3) is 0.448. The van der Waals surface area contributed by atoms with E-state index in [4.69, 9.17) is 21.6 Å². The third kappa shape index (κ3) is 5.69. The summed E-state index contributed by atoms with van der Waals surface area (Å²) < 4.78 is 6.08. The molecule has 8 nitrogen and oxygen atoms in total. The quantitative estimate of drug-likeness (QED) is 0.572. The molecular weight excluding hydrogens is 504 g/mol. The average molecular weight is 535 g/mol. The molecule has 2 aromatic rings. The van der Waals surface area contributed by atoms with E-state index in [0.29, 0.717) is 35.0 Å². The predicted octanol–water partition coefficient (Wildman–Crippen LogP) is 4.06. The van der Waals surface area contributed by atoms with Crippen LogP contribution in [0.3, 0.4) is 0 Å². The van der Waals surface area contributed by atoms with Gasteiger partial charge in [-0.2, -0.15) is 5.26 Å². The maximum Gasteiger partial charge on any atom is 0.255 e. The highest BCUT2D eigenvalue weighted by Crippen LogP contribution is 2.32. The minimum Gasteiger partial charge on any atom is -0.490 e. The number of hydrogen-bond donors (Lipinski definition) is 2. The van der Waals surface area contributed by atoms with Gasteiger partial charge in [0.2, 0.25) is 11.8 Å². The molecule has 0 aromatic heterocycles. The van der Waals surface area contributed by atoms with E-state index in [2.05, 4.69) is 16.7 Å². The van der Waals surface area contributed by atoms with E-state index in [9.17, 15) is 14.4 Å². The summed E-state index contributed by atoms with van der Waals surface area (Å²) in [6.45, 7) is 2.33. The summed E-state index contributed by atoms with van der Waals surface area (Å²) in [7, 11) is 0. The Bertz CT molecular complexity index is 1280. The molecule has 38 heavy (non-hydrogen) atoms. The molecule has 9 heteroatoms. The fourth-order valence-electron chi connectivity index (χ4n) is 5.49. The third-order valence-electron chi connectivity index (χ3n) is 7.71. The average Bonchev–Trinajstić information content (AvgIpc) is 3.20. The zero-order valence-corrected chi connectivity index (χ0v) is 21.9. The number of imide groups is 1. The van der Waals surface area contributed by atoms with Crippen molar-refractivity contribution in [2.24, 2.45) is 0 Å². The van der Waals surface area contributed by atoms with Crippen LogP contribution in [0.5, 0.6) is 5.75 Å². The number of nitriles is 1. The van der Waals surface area contributed by atoms with Gasteiger partial charge in [0, 0.05) is 42.6 Å². The topological polar surface area (TPSA) is 112 Å². The number of ether oxygens (including phenoxy) is 1. The molecule has 1 unspecified atom stereocenters. The molecule has 1 aliphatic carbocycles. The second kappa shape index (κ2) is 11.5. The van der Waals surface area contributed by atoms with Gasteiger partial charge in [-0.25, -0.2) is 0 Å². The monoisotopic (exact) mass is 534 g/mol. The fourth-order valence-corrected chi connectivity index (χ4v) is 5.66. The standard InChI is InChI=1S/C19H22N2O4.C10H9ClN2/c22-17-9-8-16(18(23)20-17)21-11-12-10-14(6-7-15(12)19(21)24)25-13-4-2-1-3-5-13;11-9-1-2-10(7(3-9)4-12)8-5-13-6-8/h6-7,10,13,16H,1-5,8-9,11H2,(H,20,22,23);1-3,8,13H,5-6H2. The molecular formula is C29H31ClN4O4. The van der Waals surface area contributed by atoms with Crippen molar-refractivity contribution >= 4 is 29.3 Å². The number of carbonyl (C=O) groups excluding carboxylic acids is 3. The van der Waals surface area contributed by atoms with Crippen LogP contribution in [0.25, 0.3) is 0 Å². The van der Waals surface area contributed by atoms with Crippen molar-refractivity contribution in [1.82, 2.24) is 15.5 Å². The number of piperidine rings is 1. The lowest BCUT2D eigenvalue weighted by Gasteiger charge is -2.29. The van der Waals surface area contributed by atoms with E-state index in [0.717, 1.165) is 42.8 Å². The Hall–Kier alpha value is -3.41. The zero-order chi connectivity index (χ0) is 26.6. The molecule has 3 fully saturated rings. The SMILES string of the molecule is N#Cc1cc(Cl)ccc1C1CNC1.O=C1CCC(N2Cc3cc(OC4CCCCC4)ccc3C2=O)C(=O)N1. The molecule has 3 amide bonds. The summed E-state index contributed by atoms with van der Waals surface area (Å²) in [6, 6.07) is 12.7. The molecule has 3 heterocycles. The number of fused-ring (bicyclic) bond motifs is 1. The highest BCUT2D eigenvalue weighted by molar-refractivity contribution is 6.30. The van der Waals surface area contributed by atoms with Crippen LogP contribution in [-0.4, -0.2) is 47.9 Å². The van der Waals surface area contributed by atoms with E-state index in [1.54, 1.807) is 17.0 Å². The highest BCUT2D eigenvalue weighted by atomic mass is 35.5. The largest absolute Gasteiger partial charge is 0.490 e. The Kier molecular flexibility index (Phi) is 7.96. The van der Waals surface area contributed by atoms with Crippen LogP contribution < -0.4 is 15.4 Å². The Labute approximate surface area is 227 Å². The summed E-state index contributed by atoms with van der Waals surface area (Å²) in [4.78, 5) is 37.6. The molecule has 2 saturated heterocycles. The number of benzene rings is 2. The molecule has 0 bridgehead atoms. The summed E-state index contributed by atoms with van der Waals surface area (Å²) in [5.74, 6) is 0.494. The van der Waals surface area contributed by atoms with Gasteiger partial charge in [0.15, 0.2) is 0 Å². The van der Waals surface area contributed by atoms with Crippen molar-refractivity contribution in [2.45, 2.75) is 69.6 Å². The Morgan fingerprint density at radius 1 is 1.00 bits per heavy atom. The number of nitrogens with one attached hydrogen (secondary N) is 2. The van der Waals surface area contributed by atoms with E-state index in [1.165, 1.54) is 19.3 Å². The van der Waals surface area contributed by atoms with Crippen molar-refractivity contribution < 1.29 is 19.1 Å². The maximum atomic E-state index is 12.6. The molecule has 4 aliphatic rings. The number of carbonyl (C=O) groups is 3. The molecule has 1 saturated carbocycles. The molecule has 2 N–H and O–H groups in total. The maximum absolute atomic E-state index is 12.6. The first-order chi connectivity index (χ1) is 18.4. The number of hydrogen-bond acceptors (Lipinski definition) is 6. The Morgan fingerprint density at radius 2 is 1.79 bits per heavy atom. The summed E-state index contributed by atoms with van der Waals surface area (Å²) in [5.41, 5.74) is 3.34. The minimum absolute atomic E-state index is 0.145. The van der Waals surface area contributed by atoms with Gasteiger partial charge in [0.1, 0.15) is 11.8 Å². The molecule has 0 radical (unpaired) electrons. The minimum atomic E-state index is -0.569. The van der Waals surface area contributed by atoms with Crippen LogP contribution in [-0.2, 0) is 16.1 Å². The zero-order valence-electron chi connectivity index (χ0n) is 21.2. The van der Waals surface area contributed by atoms with Gasteiger partial charge in [-0.3, -0.25) is 19.7 Å². The lowest BCUT2D eigenvalue weighted by atomic mass is 9.90. The first kappa shape index (κ1) is 26.2. The second-order valence-electron chi connectivity index (χ2n) is 10.3. The van der Waals surface area contributed by atoms with E-state index in [1.807, 2.05) is 24.3 Å². The van der Waals surface area contributed by atoms with Crippen molar-refractivity contribution in [1.29, 1.82) is 5.26 Å². The highest BCUT2D eigenvalue weighted by Gasteiger charge is 2.39. The lowest BCUT2D eigenvalue weighted by molar-refractivity contribution is -0.136. The summed E-state index contributed by atoms with van der Waals surface area (Å²) in [6.07, 6.45) is 6.77. The van der Waals surface area contributed by atoms with E-state index >= 15 is 0 Å². The van der Waals surface area contributed by atoms with Gasteiger partial charge in [-0.15, -0.1) is 0 Å². The predicted molar refractivity (Wildman–Crippen MR) is 142 cm³/mol. The van der Waals surface area contributed by atoms with Gasteiger partial charge >= 0.3 is 0 Å². The van der Waals surface area contributed by atoms with Crippen LogP contribution in [0, 0.1) is 11.3 Å².